The number of halogens is 3. The van der Waals surface area contributed by atoms with Crippen molar-refractivity contribution >= 4 is 5.69 Å². The Balaban J connectivity index is 2.16. The zero-order chi connectivity index (χ0) is 14.0. The van der Waals surface area contributed by atoms with Crippen LogP contribution in [0.2, 0.25) is 0 Å². The van der Waals surface area contributed by atoms with Crippen molar-refractivity contribution < 1.29 is 13.2 Å². The third kappa shape index (κ3) is 3.04. The van der Waals surface area contributed by atoms with Crippen molar-refractivity contribution in [3.63, 3.8) is 0 Å². The molecule has 1 saturated carbocycles. The number of para-hydroxylation sites is 1. The van der Waals surface area contributed by atoms with E-state index in [4.69, 9.17) is 0 Å². The quantitative estimate of drug-likeness (QED) is 0.820. The van der Waals surface area contributed by atoms with Crippen LogP contribution in [0.15, 0.2) is 24.3 Å². The maximum absolute atomic E-state index is 12.9. The summed E-state index contributed by atoms with van der Waals surface area (Å²) in [6, 6.07) is 5.89. The van der Waals surface area contributed by atoms with Crippen molar-refractivity contribution in [2.75, 3.05) is 5.32 Å². The van der Waals surface area contributed by atoms with Crippen LogP contribution in [0.25, 0.3) is 0 Å². The fourth-order valence-electron chi connectivity index (χ4n) is 3.08. The van der Waals surface area contributed by atoms with E-state index in [2.05, 4.69) is 19.2 Å². The van der Waals surface area contributed by atoms with Crippen molar-refractivity contribution in [3.05, 3.63) is 29.8 Å². The Morgan fingerprint density at radius 3 is 2.47 bits per heavy atom. The van der Waals surface area contributed by atoms with E-state index in [9.17, 15) is 13.2 Å². The van der Waals surface area contributed by atoms with Crippen LogP contribution in [-0.4, -0.2) is 6.04 Å². The van der Waals surface area contributed by atoms with Gasteiger partial charge in [-0.3, -0.25) is 0 Å². The van der Waals surface area contributed by atoms with Crippen molar-refractivity contribution in [2.45, 2.75) is 45.3 Å². The molecule has 0 amide bonds. The standard InChI is InChI=1S/C15H20F3N/c1-3-11-8-9-13(10(11)2)19-14-7-5-4-6-12(14)15(16,17)18/h4-7,10-11,13,19H,3,8-9H2,1-2H3. The summed E-state index contributed by atoms with van der Waals surface area (Å²) >= 11 is 0. The molecule has 2 rings (SSSR count). The molecule has 0 radical (unpaired) electrons. The van der Waals surface area contributed by atoms with Crippen molar-refractivity contribution in [1.82, 2.24) is 0 Å². The molecule has 1 aromatic carbocycles. The molecule has 19 heavy (non-hydrogen) atoms. The average Bonchev–Trinajstić information content (AvgIpc) is 2.70. The normalized spacial score (nSPS) is 27.5. The molecule has 0 heterocycles. The average molecular weight is 271 g/mol. The molecule has 4 heteroatoms. The minimum Gasteiger partial charge on any atom is -0.382 e. The summed E-state index contributed by atoms with van der Waals surface area (Å²) in [7, 11) is 0. The smallest absolute Gasteiger partial charge is 0.382 e. The molecule has 1 N–H and O–H groups in total. The second-order valence-corrected chi connectivity index (χ2v) is 5.40. The van der Waals surface area contributed by atoms with E-state index < -0.39 is 11.7 Å². The molecule has 0 saturated heterocycles. The molecule has 1 aromatic rings. The molecule has 1 nitrogen and oxygen atoms in total. The molecule has 0 spiro atoms. The predicted octanol–water partition coefficient (Wildman–Crippen LogP) is 4.94. The predicted molar refractivity (Wildman–Crippen MR) is 71.0 cm³/mol. The highest BCUT2D eigenvalue weighted by Crippen LogP contribution is 2.39. The number of nitrogens with one attached hydrogen (secondary N) is 1. The summed E-state index contributed by atoms with van der Waals surface area (Å²) < 4.78 is 38.8. The van der Waals surface area contributed by atoms with Gasteiger partial charge in [0.15, 0.2) is 0 Å². The summed E-state index contributed by atoms with van der Waals surface area (Å²) in [6.45, 7) is 4.28. The van der Waals surface area contributed by atoms with Crippen LogP contribution in [0.3, 0.4) is 0 Å². The second kappa shape index (κ2) is 5.43. The molecular formula is C15H20F3N. The number of alkyl halides is 3. The lowest BCUT2D eigenvalue weighted by atomic mass is 9.93. The molecule has 0 aliphatic heterocycles. The van der Waals surface area contributed by atoms with E-state index in [1.807, 2.05) is 0 Å². The second-order valence-electron chi connectivity index (χ2n) is 5.40. The Hall–Kier alpha value is -1.19. The highest BCUT2D eigenvalue weighted by Gasteiger charge is 2.36. The van der Waals surface area contributed by atoms with Crippen LogP contribution in [0.4, 0.5) is 18.9 Å². The third-order valence-corrected chi connectivity index (χ3v) is 4.32. The maximum atomic E-state index is 12.9. The lowest BCUT2D eigenvalue weighted by molar-refractivity contribution is -0.137. The van der Waals surface area contributed by atoms with Crippen LogP contribution in [0, 0.1) is 11.8 Å². The summed E-state index contributed by atoms with van der Waals surface area (Å²) in [5.74, 6) is 1.04. The fraction of sp³-hybridized carbons (Fsp3) is 0.600. The highest BCUT2D eigenvalue weighted by atomic mass is 19.4. The molecule has 106 valence electrons. The Morgan fingerprint density at radius 2 is 1.89 bits per heavy atom. The monoisotopic (exact) mass is 271 g/mol. The molecule has 0 bridgehead atoms. The first-order valence-electron chi connectivity index (χ1n) is 6.86. The Morgan fingerprint density at radius 1 is 1.21 bits per heavy atom. The van der Waals surface area contributed by atoms with Gasteiger partial charge in [-0.1, -0.05) is 32.4 Å². The van der Waals surface area contributed by atoms with Crippen molar-refractivity contribution in [1.29, 1.82) is 0 Å². The summed E-state index contributed by atoms with van der Waals surface area (Å²) in [6.07, 6.45) is -1.15. The van der Waals surface area contributed by atoms with E-state index in [1.165, 1.54) is 12.1 Å². The molecule has 3 atom stereocenters. The largest absolute Gasteiger partial charge is 0.418 e. The summed E-state index contributed by atoms with van der Waals surface area (Å²) in [5, 5.41) is 3.11. The lowest BCUT2D eigenvalue weighted by Gasteiger charge is -2.24. The highest BCUT2D eigenvalue weighted by molar-refractivity contribution is 5.53. The van der Waals surface area contributed by atoms with Gasteiger partial charge >= 0.3 is 6.18 Å². The minimum absolute atomic E-state index is 0.147. The van der Waals surface area contributed by atoms with E-state index in [1.54, 1.807) is 6.07 Å². The number of rotatable bonds is 3. The van der Waals surface area contributed by atoms with Crippen LogP contribution in [-0.2, 0) is 6.18 Å². The fourth-order valence-corrected chi connectivity index (χ4v) is 3.08. The molecule has 3 unspecified atom stereocenters. The van der Waals surface area contributed by atoms with Gasteiger partial charge in [0.25, 0.3) is 0 Å². The molecule has 1 aliphatic carbocycles. The first kappa shape index (κ1) is 14.2. The lowest BCUT2D eigenvalue weighted by Crippen LogP contribution is -2.26. The maximum Gasteiger partial charge on any atom is 0.418 e. The summed E-state index contributed by atoms with van der Waals surface area (Å²) in [4.78, 5) is 0. The number of benzene rings is 1. The van der Waals surface area contributed by atoms with E-state index in [-0.39, 0.29) is 11.7 Å². The third-order valence-electron chi connectivity index (χ3n) is 4.32. The van der Waals surface area contributed by atoms with Gasteiger partial charge in [0.2, 0.25) is 0 Å². The SMILES string of the molecule is CCC1CCC(Nc2ccccc2C(F)(F)F)C1C. The zero-order valence-electron chi connectivity index (χ0n) is 11.3. The Kier molecular flexibility index (Phi) is 4.07. The number of hydrogen-bond donors (Lipinski definition) is 1. The van der Waals surface area contributed by atoms with Crippen molar-refractivity contribution in [2.24, 2.45) is 11.8 Å². The van der Waals surface area contributed by atoms with Gasteiger partial charge < -0.3 is 5.32 Å². The molecule has 1 aliphatic rings. The molecule has 1 fully saturated rings. The van der Waals surface area contributed by atoms with Crippen LogP contribution >= 0.6 is 0 Å². The first-order chi connectivity index (χ1) is 8.93. The van der Waals surface area contributed by atoms with Gasteiger partial charge in [-0.05, 0) is 36.8 Å². The van der Waals surface area contributed by atoms with E-state index in [0.717, 1.165) is 25.3 Å². The van der Waals surface area contributed by atoms with Crippen LogP contribution in [0.1, 0.15) is 38.7 Å². The van der Waals surface area contributed by atoms with E-state index in [0.29, 0.717) is 11.8 Å². The Bertz CT molecular complexity index is 428. The molecule has 0 aromatic heterocycles. The zero-order valence-corrected chi connectivity index (χ0v) is 11.3. The van der Waals surface area contributed by atoms with Gasteiger partial charge in [0, 0.05) is 11.7 Å². The van der Waals surface area contributed by atoms with Gasteiger partial charge in [-0.2, -0.15) is 13.2 Å². The van der Waals surface area contributed by atoms with Crippen LogP contribution < -0.4 is 5.32 Å². The van der Waals surface area contributed by atoms with Crippen LogP contribution in [0.5, 0.6) is 0 Å². The van der Waals surface area contributed by atoms with Crippen molar-refractivity contribution in [3.8, 4) is 0 Å². The minimum atomic E-state index is -4.30. The number of anilines is 1. The van der Waals surface area contributed by atoms with Gasteiger partial charge in [0.05, 0.1) is 5.56 Å². The molecular weight excluding hydrogens is 251 g/mol. The Labute approximate surface area is 112 Å². The van der Waals surface area contributed by atoms with Gasteiger partial charge in [-0.25, -0.2) is 0 Å². The first-order valence-corrected chi connectivity index (χ1v) is 6.86. The van der Waals surface area contributed by atoms with Gasteiger partial charge in [-0.15, -0.1) is 0 Å². The topological polar surface area (TPSA) is 12.0 Å². The van der Waals surface area contributed by atoms with E-state index >= 15 is 0 Å². The number of hydrogen-bond acceptors (Lipinski definition) is 1. The summed E-state index contributed by atoms with van der Waals surface area (Å²) in [5.41, 5.74) is -0.356. The van der Waals surface area contributed by atoms with Gasteiger partial charge in [0.1, 0.15) is 0 Å².